The zero-order chi connectivity index (χ0) is 17.4. The second-order valence-corrected chi connectivity index (χ2v) is 6.15. The number of esters is 1. The number of rotatable bonds is 3. The summed E-state index contributed by atoms with van der Waals surface area (Å²) in [6.45, 7) is 0.200. The molecule has 0 unspecified atom stereocenters. The third-order valence-electron chi connectivity index (χ3n) is 3.72. The Morgan fingerprint density at radius 1 is 1.16 bits per heavy atom. The average molecular weight is 402 g/mol. The summed E-state index contributed by atoms with van der Waals surface area (Å²) in [5.41, 5.74) is 1.67. The van der Waals surface area contributed by atoms with E-state index in [2.05, 4.69) is 20.9 Å². The third-order valence-corrected chi connectivity index (χ3v) is 4.34. The van der Waals surface area contributed by atoms with Crippen LogP contribution in [0, 0.1) is 0 Å². The minimum absolute atomic E-state index is 0.200. The summed E-state index contributed by atoms with van der Waals surface area (Å²) in [5.74, 6) is 1.76. The fourth-order valence-electron chi connectivity index (χ4n) is 2.49. The lowest BCUT2D eigenvalue weighted by Gasteiger charge is -2.05. The van der Waals surface area contributed by atoms with Gasteiger partial charge in [0.15, 0.2) is 17.2 Å². The van der Waals surface area contributed by atoms with Gasteiger partial charge in [-0.05, 0) is 57.9 Å². The molecule has 2 aliphatic rings. The fourth-order valence-corrected chi connectivity index (χ4v) is 3.03. The molecule has 2 aliphatic heterocycles. The van der Waals surface area contributed by atoms with E-state index in [9.17, 15) is 4.79 Å². The first kappa shape index (κ1) is 15.7. The van der Waals surface area contributed by atoms with E-state index in [1.165, 1.54) is 0 Å². The van der Waals surface area contributed by atoms with E-state index < -0.39 is 5.97 Å². The monoisotopic (exact) mass is 401 g/mol. The normalized spacial score (nSPS) is 16.8. The standard InChI is InChI=1S/C18H12BrNO5/c1-22-14-5-3-11(8-12(14)19)17-20-13(18(21)25-17)6-10-2-4-15-16(7-10)24-9-23-15/h2-8H,9H2,1H3. The molecular weight excluding hydrogens is 390 g/mol. The van der Waals surface area contributed by atoms with Gasteiger partial charge in [0.25, 0.3) is 0 Å². The maximum absolute atomic E-state index is 12.1. The number of carbonyl (C=O) groups is 1. The van der Waals surface area contributed by atoms with E-state index in [0.29, 0.717) is 22.8 Å². The Morgan fingerprint density at radius 2 is 2.00 bits per heavy atom. The number of hydrogen-bond donors (Lipinski definition) is 0. The zero-order valence-electron chi connectivity index (χ0n) is 13.1. The molecule has 0 aliphatic carbocycles. The first-order valence-corrected chi connectivity index (χ1v) is 8.19. The SMILES string of the molecule is COc1ccc(C2=NC(=Cc3ccc4c(c3)OCO4)C(=O)O2)cc1Br. The maximum Gasteiger partial charge on any atom is 0.363 e. The van der Waals surface area contributed by atoms with Crippen LogP contribution in [0.4, 0.5) is 0 Å². The molecule has 126 valence electrons. The van der Waals surface area contributed by atoms with E-state index in [1.54, 1.807) is 43.5 Å². The van der Waals surface area contributed by atoms with Crippen LogP contribution in [0.1, 0.15) is 11.1 Å². The summed E-state index contributed by atoms with van der Waals surface area (Å²) < 4.78 is 21.8. The summed E-state index contributed by atoms with van der Waals surface area (Å²) in [4.78, 5) is 16.4. The topological polar surface area (TPSA) is 66.3 Å². The van der Waals surface area contributed by atoms with Crippen LogP contribution in [0.5, 0.6) is 17.2 Å². The predicted molar refractivity (Wildman–Crippen MR) is 93.9 cm³/mol. The van der Waals surface area contributed by atoms with Gasteiger partial charge in [0, 0.05) is 5.56 Å². The smallest absolute Gasteiger partial charge is 0.363 e. The number of cyclic esters (lactones) is 1. The highest BCUT2D eigenvalue weighted by Crippen LogP contribution is 2.33. The summed E-state index contributed by atoms with van der Waals surface area (Å²) in [6, 6.07) is 10.7. The van der Waals surface area contributed by atoms with Gasteiger partial charge >= 0.3 is 5.97 Å². The van der Waals surface area contributed by atoms with Gasteiger partial charge in [0.2, 0.25) is 12.7 Å². The van der Waals surface area contributed by atoms with Gasteiger partial charge in [-0.2, -0.15) is 0 Å². The van der Waals surface area contributed by atoms with E-state index in [1.807, 2.05) is 6.07 Å². The quantitative estimate of drug-likeness (QED) is 0.581. The summed E-state index contributed by atoms with van der Waals surface area (Å²) >= 11 is 3.41. The lowest BCUT2D eigenvalue weighted by Crippen LogP contribution is -2.05. The van der Waals surface area contributed by atoms with Gasteiger partial charge < -0.3 is 18.9 Å². The molecule has 0 radical (unpaired) electrons. The van der Waals surface area contributed by atoms with Crippen LogP contribution in [0.25, 0.3) is 6.08 Å². The van der Waals surface area contributed by atoms with Gasteiger partial charge in [0.1, 0.15) is 5.75 Å². The van der Waals surface area contributed by atoms with Crippen molar-refractivity contribution in [1.29, 1.82) is 0 Å². The molecule has 25 heavy (non-hydrogen) atoms. The maximum atomic E-state index is 12.1. The lowest BCUT2D eigenvalue weighted by molar-refractivity contribution is -0.129. The molecule has 0 bridgehead atoms. The van der Waals surface area contributed by atoms with Gasteiger partial charge in [-0.3, -0.25) is 0 Å². The molecule has 0 aromatic heterocycles. The van der Waals surface area contributed by atoms with Crippen molar-refractivity contribution in [3.63, 3.8) is 0 Å². The van der Waals surface area contributed by atoms with Gasteiger partial charge in [-0.1, -0.05) is 6.07 Å². The highest BCUT2D eigenvalue weighted by molar-refractivity contribution is 9.10. The Balaban J connectivity index is 1.65. The minimum atomic E-state index is -0.500. The molecule has 0 N–H and O–H groups in total. The van der Waals surface area contributed by atoms with Crippen LogP contribution in [0.15, 0.2) is 51.6 Å². The second kappa shape index (κ2) is 6.25. The summed E-state index contributed by atoms with van der Waals surface area (Å²) in [5, 5.41) is 0. The third kappa shape index (κ3) is 2.98. The van der Waals surface area contributed by atoms with Crippen molar-refractivity contribution in [2.75, 3.05) is 13.9 Å². The number of nitrogens with zero attached hydrogens (tertiary/aromatic N) is 1. The Hall–Kier alpha value is -2.80. The number of fused-ring (bicyclic) bond motifs is 1. The van der Waals surface area contributed by atoms with Crippen LogP contribution in [-0.4, -0.2) is 25.8 Å². The zero-order valence-corrected chi connectivity index (χ0v) is 14.7. The Kier molecular flexibility index (Phi) is 3.93. The van der Waals surface area contributed by atoms with Crippen LogP contribution in [0.3, 0.4) is 0 Å². The molecule has 0 atom stereocenters. The Morgan fingerprint density at radius 3 is 2.80 bits per heavy atom. The first-order chi connectivity index (χ1) is 12.1. The minimum Gasteiger partial charge on any atom is -0.496 e. The van der Waals surface area contributed by atoms with Crippen LogP contribution >= 0.6 is 15.9 Å². The highest BCUT2D eigenvalue weighted by atomic mass is 79.9. The van der Waals surface area contributed by atoms with Crippen molar-refractivity contribution in [1.82, 2.24) is 0 Å². The number of ether oxygens (including phenoxy) is 4. The molecule has 0 amide bonds. The number of methoxy groups -OCH3 is 1. The molecule has 6 nitrogen and oxygen atoms in total. The van der Waals surface area contributed by atoms with Crippen LogP contribution in [-0.2, 0) is 9.53 Å². The lowest BCUT2D eigenvalue weighted by atomic mass is 10.1. The molecule has 0 spiro atoms. The van der Waals surface area contributed by atoms with Crippen molar-refractivity contribution in [2.45, 2.75) is 0 Å². The van der Waals surface area contributed by atoms with Crippen molar-refractivity contribution < 1.29 is 23.7 Å². The molecule has 2 heterocycles. The molecule has 2 aromatic rings. The van der Waals surface area contributed by atoms with Crippen molar-refractivity contribution in [3.05, 3.63) is 57.7 Å². The van der Waals surface area contributed by atoms with Crippen molar-refractivity contribution in [2.24, 2.45) is 4.99 Å². The molecule has 4 rings (SSSR count). The van der Waals surface area contributed by atoms with Crippen molar-refractivity contribution >= 4 is 33.9 Å². The largest absolute Gasteiger partial charge is 0.496 e. The van der Waals surface area contributed by atoms with Crippen LogP contribution < -0.4 is 14.2 Å². The van der Waals surface area contributed by atoms with Gasteiger partial charge in [-0.15, -0.1) is 0 Å². The molecule has 0 saturated carbocycles. The van der Waals surface area contributed by atoms with E-state index in [0.717, 1.165) is 10.0 Å². The molecule has 0 saturated heterocycles. The fraction of sp³-hybridized carbons (Fsp3) is 0.111. The average Bonchev–Trinajstić information content (AvgIpc) is 3.21. The highest BCUT2D eigenvalue weighted by Gasteiger charge is 2.25. The van der Waals surface area contributed by atoms with E-state index in [4.69, 9.17) is 18.9 Å². The molecule has 0 fully saturated rings. The number of hydrogen-bond acceptors (Lipinski definition) is 6. The van der Waals surface area contributed by atoms with Crippen molar-refractivity contribution in [3.8, 4) is 17.2 Å². The number of carbonyl (C=O) groups excluding carboxylic acids is 1. The number of aliphatic imine (C=N–C) groups is 1. The van der Waals surface area contributed by atoms with Gasteiger partial charge in [-0.25, -0.2) is 9.79 Å². The van der Waals surface area contributed by atoms with E-state index in [-0.39, 0.29) is 18.4 Å². The number of benzene rings is 2. The Bertz CT molecular complexity index is 935. The molecular formula is C18H12BrNO5. The van der Waals surface area contributed by atoms with E-state index >= 15 is 0 Å². The predicted octanol–water partition coefficient (Wildman–Crippen LogP) is 3.53. The second-order valence-electron chi connectivity index (χ2n) is 5.30. The summed E-state index contributed by atoms with van der Waals surface area (Å²) in [7, 11) is 1.58. The Labute approximate surface area is 151 Å². The first-order valence-electron chi connectivity index (χ1n) is 7.40. The molecule has 2 aromatic carbocycles. The summed E-state index contributed by atoms with van der Waals surface area (Å²) in [6.07, 6.45) is 1.65. The van der Waals surface area contributed by atoms with Crippen LogP contribution in [0.2, 0.25) is 0 Å². The number of halogens is 1. The van der Waals surface area contributed by atoms with Gasteiger partial charge in [0.05, 0.1) is 11.6 Å². The molecule has 7 heteroatoms.